The number of nitrogens with zero attached hydrogens (tertiary/aromatic N) is 2. The molecule has 0 fully saturated rings. The summed E-state index contributed by atoms with van der Waals surface area (Å²) in [6.45, 7) is 1.44. The zero-order valence-electron chi connectivity index (χ0n) is 10.3. The summed E-state index contributed by atoms with van der Waals surface area (Å²) in [5, 5.41) is 8.69. The zero-order chi connectivity index (χ0) is 13.7. The molecule has 0 amide bonds. The van der Waals surface area contributed by atoms with E-state index in [4.69, 9.17) is 9.88 Å². The third-order valence-corrected chi connectivity index (χ3v) is 3.28. The Morgan fingerprint density at radius 2 is 1.95 bits per heavy atom. The van der Waals surface area contributed by atoms with Crippen molar-refractivity contribution in [2.24, 2.45) is 5.14 Å². The molecule has 0 saturated heterocycles. The van der Waals surface area contributed by atoms with Gasteiger partial charge < -0.3 is 4.74 Å². The molecule has 7 heteroatoms. The van der Waals surface area contributed by atoms with Crippen molar-refractivity contribution in [2.45, 2.75) is 18.2 Å². The van der Waals surface area contributed by atoms with Crippen molar-refractivity contribution in [1.29, 1.82) is 0 Å². The quantitative estimate of drug-likeness (QED) is 0.791. The summed E-state index contributed by atoms with van der Waals surface area (Å²) in [7, 11) is -3.73. The van der Waals surface area contributed by atoms with Gasteiger partial charge in [-0.3, -0.25) is 4.68 Å². The van der Waals surface area contributed by atoms with Gasteiger partial charge >= 0.3 is 0 Å². The van der Waals surface area contributed by atoms with Crippen molar-refractivity contribution < 1.29 is 13.2 Å². The van der Waals surface area contributed by atoms with Crippen molar-refractivity contribution in [1.82, 2.24) is 9.78 Å². The highest BCUT2D eigenvalue weighted by atomic mass is 32.2. The minimum absolute atomic E-state index is 0.129. The van der Waals surface area contributed by atoms with Gasteiger partial charge in [0.2, 0.25) is 0 Å². The maximum absolute atomic E-state index is 11.0. The first-order valence-corrected chi connectivity index (χ1v) is 7.28. The number of nitrogens with two attached hydrogens (primary N) is 1. The van der Waals surface area contributed by atoms with Crippen molar-refractivity contribution in [3.05, 3.63) is 48.2 Å². The molecule has 102 valence electrons. The molecule has 19 heavy (non-hydrogen) atoms. The molecule has 0 unspecified atom stereocenters. The number of sulfonamides is 1. The van der Waals surface area contributed by atoms with Gasteiger partial charge in [0.15, 0.2) is 5.03 Å². The lowest BCUT2D eigenvalue weighted by atomic mass is 10.2. The van der Waals surface area contributed by atoms with E-state index in [1.807, 2.05) is 30.3 Å². The number of benzene rings is 1. The molecule has 0 saturated carbocycles. The normalized spacial score (nSPS) is 11.6. The molecule has 6 nitrogen and oxygen atoms in total. The van der Waals surface area contributed by atoms with Crippen LogP contribution in [0.2, 0.25) is 0 Å². The second kappa shape index (κ2) is 5.96. The van der Waals surface area contributed by atoms with Gasteiger partial charge in [-0.05, 0) is 11.6 Å². The SMILES string of the molecule is NS(=O)(=O)c1ccn(CCOCc2ccccc2)n1. The van der Waals surface area contributed by atoms with E-state index in [1.54, 1.807) is 6.20 Å². The summed E-state index contributed by atoms with van der Waals surface area (Å²) in [6.07, 6.45) is 1.56. The highest BCUT2D eigenvalue weighted by Crippen LogP contribution is 2.03. The van der Waals surface area contributed by atoms with Gasteiger partial charge in [-0.1, -0.05) is 30.3 Å². The first-order valence-electron chi connectivity index (χ1n) is 5.73. The molecule has 0 bridgehead atoms. The lowest BCUT2D eigenvalue weighted by Crippen LogP contribution is -2.14. The van der Waals surface area contributed by atoms with Crippen LogP contribution in [0.1, 0.15) is 5.56 Å². The van der Waals surface area contributed by atoms with Crippen LogP contribution in [0.3, 0.4) is 0 Å². The third-order valence-electron chi connectivity index (χ3n) is 2.48. The summed E-state index contributed by atoms with van der Waals surface area (Å²) in [6, 6.07) is 11.2. The van der Waals surface area contributed by atoms with Crippen LogP contribution in [0.5, 0.6) is 0 Å². The Morgan fingerprint density at radius 1 is 1.21 bits per heavy atom. The van der Waals surface area contributed by atoms with Crippen LogP contribution in [0.4, 0.5) is 0 Å². The Bertz CT molecular complexity index is 623. The molecule has 0 aliphatic rings. The van der Waals surface area contributed by atoms with Gasteiger partial charge in [0.1, 0.15) is 0 Å². The first-order chi connectivity index (χ1) is 9.05. The lowest BCUT2D eigenvalue weighted by molar-refractivity contribution is 0.110. The fourth-order valence-corrected chi connectivity index (χ4v) is 2.01. The van der Waals surface area contributed by atoms with Crippen molar-refractivity contribution >= 4 is 10.0 Å². The number of rotatable bonds is 6. The Morgan fingerprint density at radius 3 is 2.58 bits per heavy atom. The largest absolute Gasteiger partial charge is 0.375 e. The highest BCUT2D eigenvalue weighted by Gasteiger charge is 2.10. The summed E-state index contributed by atoms with van der Waals surface area (Å²) in [5.41, 5.74) is 1.09. The molecule has 2 aromatic rings. The predicted octanol–water partition coefficient (Wildman–Crippen LogP) is 0.747. The Kier molecular flexibility index (Phi) is 4.31. The van der Waals surface area contributed by atoms with Gasteiger partial charge in [0, 0.05) is 6.20 Å². The van der Waals surface area contributed by atoms with Gasteiger partial charge in [0.05, 0.1) is 19.8 Å². The smallest absolute Gasteiger partial charge is 0.257 e. The minimum atomic E-state index is -3.73. The topological polar surface area (TPSA) is 87.2 Å². The van der Waals surface area contributed by atoms with Crippen LogP contribution in [-0.4, -0.2) is 24.8 Å². The minimum Gasteiger partial charge on any atom is -0.375 e. The third kappa shape index (κ3) is 4.16. The first kappa shape index (κ1) is 13.7. The number of hydrogen-bond donors (Lipinski definition) is 1. The molecule has 1 aromatic heterocycles. The molecule has 0 radical (unpaired) electrons. The van der Waals surface area contributed by atoms with Crippen LogP contribution >= 0.6 is 0 Å². The summed E-state index contributed by atoms with van der Waals surface area (Å²) in [5.74, 6) is 0. The second-order valence-electron chi connectivity index (χ2n) is 4.00. The molecule has 1 heterocycles. The Labute approximate surface area is 111 Å². The van der Waals surface area contributed by atoms with Crippen LogP contribution in [0, 0.1) is 0 Å². The van der Waals surface area contributed by atoms with E-state index < -0.39 is 10.0 Å². The van der Waals surface area contributed by atoms with E-state index in [1.165, 1.54) is 10.7 Å². The average Bonchev–Trinajstić information content (AvgIpc) is 2.85. The predicted molar refractivity (Wildman–Crippen MR) is 69.7 cm³/mol. The Balaban J connectivity index is 1.79. The molecular weight excluding hydrogens is 266 g/mol. The molecule has 0 spiro atoms. The van der Waals surface area contributed by atoms with E-state index in [0.29, 0.717) is 19.8 Å². The molecule has 2 N–H and O–H groups in total. The van der Waals surface area contributed by atoms with Crippen LogP contribution in [0.15, 0.2) is 47.6 Å². The van der Waals surface area contributed by atoms with E-state index >= 15 is 0 Å². The second-order valence-corrected chi connectivity index (χ2v) is 5.51. The standard InChI is InChI=1S/C12H15N3O3S/c13-19(16,17)12-6-7-15(14-12)8-9-18-10-11-4-2-1-3-5-11/h1-7H,8-10H2,(H2,13,16,17). The number of aromatic nitrogens is 2. The molecular formula is C12H15N3O3S. The fraction of sp³-hybridized carbons (Fsp3) is 0.250. The zero-order valence-corrected chi connectivity index (χ0v) is 11.1. The van der Waals surface area contributed by atoms with E-state index in [0.717, 1.165) is 5.56 Å². The summed E-state index contributed by atoms with van der Waals surface area (Å²) >= 11 is 0. The lowest BCUT2D eigenvalue weighted by Gasteiger charge is -2.04. The van der Waals surface area contributed by atoms with Crippen LogP contribution in [-0.2, 0) is 27.9 Å². The van der Waals surface area contributed by atoms with Gasteiger partial charge in [0.25, 0.3) is 10.0 Å². The number of ether oxygens (including phenoxy) is 1. The van der Waals surface area contributed by atoms with Gasteiger partial charge in [-0.15, -0.1) is 0 Å². The van der Waals surface area contributed by atoms with Crippen LogP contribution < -0.4 is 5.14 Å². The highest BCUT2D eigenvalue weighted by molar-refractivity contribution is 7.89. The average molecular weight is 281 g/mol. The van der Waals surface area contributed by atoms with Crippen molar-refractivity contribution in [2.75, 3.05) is 6.61 Å². The fourth-order valence-electron chi connectivity index (χ4n) is 1.54. The van der Waals surface area contributed by atoms with E-state index in [9.17, 15) is 8.42 Å². The maximum Gasteiger partial charge on any atom is 0.257 e. The molecule has 0 aliphatic carbocycles. The Hall–Kier alpha value is -1.70. The number of primary sulfonamides is 1. The van der Waals surface area contributed by atoms with Crippen LogP contribution in [0.25, 0.3) is 0 Å². The monoisotopic (exact) mass is 281 g/mol. The molecule has 0 aliphatic heterocycles. The molecule has 1 aromatic carbocycles. The van der Waals surface area contributed by atoms with E-state index in [2.05, 4.69) is 5.10 Å². The molecule has 2 rings (SSSR count). The summed E-state index contributed by atoms with van der Waals surface area (Å²) in [4.78, 5) is 0. The number of hydrogen-bond acceptors (Lipinski definition) is 4. The molecule has 0 atom stereocenters. The summed E-state index contributed by atoms with van der Waals surface area (Å²) < 4.78 is 29.0. The maximum atomic E-state index is 11.0. The van der Waals surface area contributed by atoms with Crippen molar-refractivity contribution in [3.8, 4) is 0 Å². The van der Waals surface area contributed by atoms with Crippen molar-refractivity contribution in [3.63, 3.8) is 0 Å². The van der Waals surface area contributed by atoms with E-state index in [-0.39, 0.29) is 5.03 Å². The van der Waals surface area contributed by atoms with Gasteiger partial charge in [-0.2, -0.15) is 5.10 Å². The van der Waals surface area contributed by atoms with Gasteiger partial charge in [-0.25, -0.2) is 13.6 Å².